The molecular weight excluding hydrogens is 302 g/mol. The molecule has 0 saturated carbocycles. The number of benzene rings is 2. The van der Waals surface area contributed by atoms with Crippen molar-refractivity contribution in [1.82, 2.24) is 5.32 Å². The normalized spacial score (nSPS) is 9.86. The van der Waals surface area contributed by atoms with Crippen molar-refractivity contribution < 1.29 is 9.72 Å². The number of amides is 1. The second-order valence-electron chi connectivity index (χ2n) is 4.53. The third-order valence-corrected chi connectivity index (χ3v) is 3.16. The first-order valence-electron chi connectivity index (χ1n) is 6.40. The van der Waals surface area contributed by atoms with Crippen LogP contribution in [0.4, 0.5) is 11.4 Å². The summed E-state index contributed by atoms with van der Waals surface area (Å²) in [7, 11) is 0. The van der Waals surface area contributed by atoms with Gasteiger partial charge in [-0.05, 0) is 42.9 Å². The van der Waals surface area contributed by atoms with Crippen LogP contribution in [0.2, 0.25) is 0 Å². The van der Waals surface area contributed by atoms with E-state index in [-0.39, 0.29) is 16.7 Å². The van der Waals surface area contributed by atoms with Crippen molar-refractivity contribution >= 4 is 34.6 Å². The van der Waals surface area contributed by atoms with Gasteiger partial charge in [-0.3, -0.25) is 20.2 Å². The van der Waals surface area contributed by atoms with Gasteiger partial charge in [0.05, 0.1) is 4.92 Å². The van der Waals surface area contributed by atoms with E-state index in [4.69, 9.17) is 12.2 Å². The quantitative estimate of drug-likeness (QED) is 0.517. The first-order chi connectivity index (χ1) is 10.5. The second kappa shape index (κ2) is 6.77. The van der Waals surface area contributed by atoms with Crippen molar-refractivity contribution in [1.29, 1.82) is 0 Å². The Morgan fingerprint density at radius 2 is 1.77 bits per heavy atom. The molecule has 0 saturated heterocycles. The molecule has 0 aromatic heterocycles. The zero-order chi connectivity index (χ0) is 16.1. The van der Waals surface area contributed by atoms with Gasteiger partial charge in [0.2, 0.25) is 0 Å². The van der Waals surface area contributed by atoms with Crippen LogP contribution in [0.1, 0.15) is 15.9 Å². The molecule has 2 aromatic rings. The Morgan fingerprint density at radius 3 is 2.36 bits per heavy atom. The zero-order valence-electron chi connectivity index (χ0n) is 11.7. The number of thiocarbonyl (C=S) groups is 1. The number of anilines is 1. The number of nitrogens with zero attached hydrogens (tertiary/aromatic N) is 1. The second-order valence-corrected chi connectivity index (χ2v) is 4.94. The fraction of sp³-hybridized carbons (Fsp3) is 0.0667. The van der Waals surface area contributed by atoms with Crippen LogP contribution in [0.25, 0.3) is 0 Å². The van der Waals surface area contributed by atoms with Gasteiger partial charge in [-0.1, -0.05) is 18.2 Å². The predicted molar refractivity (Wildman–Crippen MR) is 88.0 cm³/mol. The summed E-state index contributed by atoms with van der Waals surface area (Å²) in [5.74, 6) is -0.308. The number of carbonyl (C=O) groups excluding carboxylic acids is 1. The predicted octanol–water partition coefficient (Wildman–Crippen LogP) is 3.03. The smallest absolute Gasteiger partial charge is 0.269 e. The standard InChI is InChI=1S/C15H13N3O3S/c1-10-4-2-3-5-13(10)14(19)17-15(22)16-11-6-8-12(9-7-11)18(20)21/h2-9H,1H3,(H2,16,17,19,22). The minimum Gasteiger partial charge on any atom is -0.332 e. The Bertz CT molecular complexity index is 729. The molecule has 0 fully saturated rings. The first-order valence-corrected chi connectivity index (χ1v) is 6.80. The van der Waals surface area contributed by atoms with E-state index in [2.05, 4.69) is 10.6 Å². The van der Waals surface area contributed by atoms with E-state index in [1.54, 1.807) is 12.1 Å². The lowest BCUT2D eigenvalue weighted by atomic mass is 10.1. The van der Waals surface area contributed by atoms with E-state index in [9.17, 15) is 14.9 Å². The zero-order valence-corrected chi connectivity index (χ0v) is 12.5. The molecule has 0 unspecified atom stereocenters. The van der Waals surface area contributed by atoms with Crippen LogP contribution in [0.15, 0.2) is 48.5 Å². The van der Waals surface area contributed by atoms with Gasteiger partial charge in [-0.15, -0.1) is 0 Å². The Kier molecular flexibility index (Phi) is 4.80. The minimum absolute atomic E-state index is 0.0135. The van der Waals surface area contributed by atoms with Crippen molar-refractivity contribution in [2.24, 2.45) is 0 Å². The summed E-state index contributed by atoms with van der Waals surface area (Å²) in [6, 6.07) is 12.9. The molecule has 0 bridgehead atoms. The summed E-state index contributed by atoms with van der Waals surface area (Å²) < 4.78 is 0. The largest absolute Gasteiger partial charge is 0.332 e. The van der Waals surface area contributed by atoms with Crippen molar-refractivity contribution in [2.75, 3.05) is 5.32 Å². The topological polar surface area (TPSA) is 84.3 Å². The van der Waals surface area contributed by atoms with Crippen LogP contribution in [0.5, 0.6) is 0 Å². The third kappa shape index (κ3) is 3.86. The number of carbonyl (C=O) groups is 1. The highest BCUT2D eigenvalue weighted by molar-refractivity contribution is 7.80. The number of rotatable bonds is 3. The number of nitro groups is 1. The van der Waals surface area contributed by atoms with Crippen molar-refractivity contribution in [3.05, 3.63) is 69.8 Å². The highest BCUT2D eigenvalue weighted by Gasteiger charge is 2.10. The third-order valence-electron chi connectivity index (χ3n) is 2.95. The maximum absolute atomic E-state index is 12.1. The summed E-state index contributed by atoms with van der Waals surface area (Å²) in [6.07, 6.45) is 0. The molecule has 0 atom stereocenters. The summed E-state index contributed by atoms with van der Waals surface area (Å²) >= 11 is 5.06. The number of aryl methyl sites for hydroxylation is 1. The Labute approximate surface area is 132 Å². The molecule has 0 spiro atoms. The lowest BCUT2D eigenvalue weighted by Gasteiger charge is -2.10. The molecular formula is C15H13N3O3S. The molecule has 7 heteroatoms. The summed E-state index contributed by atoms with van der Waals surface area (Å²) in [5.41, 5.74) is 1.93. The lowest BCUT2D eigenvalue weighted by molar-refractivity contribution is -0.384. The van der Waals surface area contributed by atoms with Crippen LogP contribution >= 0.6 is 12.2 Å². The van der Waals surface area contributed by atoms with Crippen LogP contribution in [0.3, 0.4) is 0 Å². The number of nitrogens with one attached hydrogen (secondary N) is 2. The van der Waals surface area contributed by atoms with Gasteiger partial charge in [-0.25, -0.2) is 0 Å². The fourth-order valence-electron chi connectivity index (χ4n) is 1.83. The molecule has 0 aliphatic carbocycles. The SMILES string of the molecule is Cc1ccccc1C(=O)NC(=S)Nc1ccc([N+](=O)[O-])cc1. The summed E-state index contributed by atoms with van der Waals surface area (Å²) in [5, 5.41) is 16.1. The van der Waals surface area contributed by atoms with Gasteiger partial charge < -0.3 is 5.32 Å². The molecule has 0 radical (unpaired) electrons. The molecule has 2 aromatic carbocycles. The van der Waals surface area contributed by atoms with Gasteiger partial charge in [0.1, 0.15) is 0 Å². The van der Waals surface area contributed by atoms with E-state index in [0.29, 0.717) is 11.3 Å². The average molecular weight is 315 g/mol. The van der Waals surface area contributed by atoms with Crippen LogP contribution in [0, 0.1) is 17.0 Å². The van der Waals surface area contributed by atoms with Crippen LogP contribution in [-0.4, -0.2) is 15.9 Å². The van der Waals surface area contributed by atoms with Gasteiger partial charge in [0.15, 0.2) is 5.11 Å². The Morgan fingerprint density at radius 1 is 1.14 bits per heavy atom. The molecule has 0 aliphatic rings. The Balaban J connectivity index is 1.99. The number of non-ortho nitro benzene ring substituents is 1. The van der Waals surface area contributed by atoms with E-state index in [1.807, 2.05) is 19.1 Å². The maximum atomic E-state index is 12.1. The van der Waals surface area contributed by atoms with Gasteiger partial charge in [0, 0.05) is 23.4 Å². The molecule has 1 amide bonds. The molecule has 22 heavy (non-hydrogen) atoms. The van der Waals surface area contributed by atoms with E-state index < -0.39 is 4.92 Å². The summed E-state index contributed by atoms with van der Waals surface area (Å²) in [6.45, 7) is 1.84. The number of nitro benzene ring substituents is 1. The molecule has 0 aliphatic heterocycles. The molecule has 112 valence electrons. The molecule has 0 heterocycles. The van der Waals surface area contributed by atoms with Gasteiger partial charge >= 0.3 is 0 Å². The summed E-state index contributed by atoms with van der Waals surface area (Å²) in [4.78, 5) is 22.2. The lowest BCUT2D eigenvalue weighted by Crippen LogP contribution is -2.34. The average Bonchev–Trinajstić information content (AvgIpc) is 2.48. The number of hydrogen-bond acceptors (Lipinski definition) is 4. The highest BCUT2D eigenvalue weighted by atomic mass is 32.1. The molecule has 2 rings (SSSR count). The highest BCUT2D eigenvalue weighted by Crippen LogP contribution is 2.15. The fourth-order valence-corrected chi connectivity index (χ4v) is 2.04. The van der Waals surface area contributed by atoms with Crippen molar-refractivity contribution in [3.8, 4) is 0 Å². The molecule has 2 N–H and O–H groups in total. The maximum Gasteiger partial charge on any atom is 0.269 e. The first kappa shape index (κ1) is 15.6. The molecule has 6 nitrogen and oxygen atoms in total. The Hall–Kier alpha value is -2.80. The van der Waals surface area contributed by atoms with E-state index in [0.717, 1.165) is 5.56 Å². The van der Waals surface area contributed by atoms with Crippen LogP contribution in [-0.2, 0) is 0 Å². The van der Waals surface area contributed by atoms with Crippen LogP contribution < -0.4 is 10.6 Å². The van der Waals surface area contributed by atoms with Gasteiger partial charge in [0.25, 0.3) is 11.6 Å². The van der Waals surface area contributed by atoms with E-state index >= 15 is 0 Å². The minimum atomic E-state index is -0.484. The van der Waals surface area contributed by atoms with Crippen molar-refractivity contribution in [2.45, 2.75) is 6.92 Å². The van der Waals surface area contributed by atoms with Crippen molar-refractivity contribution in [3.63, 3.8) is 0 Å². The number of hydrogen-bond donors (Lipinski definition) is 2. The van der Waals surface area contributed by atoms with Gasteiger partial charge in [-0.2, -0.15) is 0 Å². The monoisotopic (exact) mass is 315 g/mol. The van der Waals surface area contributed by atoms with E-state index in [1.165, 1.54) is 24.3 Å².